The summed E-state index contributed by atoms with van der Waals surface area (Å²) >= 11 is 0. The maximum atomic E-state index is 13.6. The van der Waals surface area contributed by atoms with Crippen molar-refractivity contribution in [1.82, 2.24) is 0 Å². The van der Waals surface area contributed by atoms with Crippen molar-refractivity contribution in [1.29, 1.82) is 10.5 Å². The largest absolute Gasteiger partial charge is 0.460 e. The molecule has 0 saturated heterocycles. The molecule has 2 nitrogen and oxygen atoms in total. The maximum absolute atomic E-state index is 13.6. The highest BCUT2D eigenvalue weighted by molar-refractivity contribution is 5.48. The maximum Gasteiger partial charge on any atom is 0.460 e. The van der Waals surface area contributed by atoms with Crippen LogP contribution in [0.3, 0.4) is 0 Å². The molecular formula is C12H3F9N2. The number of halogens is 9. The minimum Gasteiger partial charge on any atom is -0.194 e. The molecule has 1 aromatic carbocycles. The zero-order chi connectivity index (χ0) is 18.3. The molecule has 0 spiro atoms. The summed E-state index contributed by atoms with van der Waals surface area (Å²) in [4.78, 5) is 0. The molecule has 0 bridgehead atoms. The normalized spacial score (nSPS) is 13.3. The summed E-state index contributed by atoms with van der Waals surface area (Å²) in [6.07, 6.45) is -6.93. The third-order valence-corrected chi connectivity index (χ3v) is 2.77. The van der Waals surface area contributed by atoms with Crippen LogP contribution < -0.4 is 0 Å². The molecule has 0 aliphatic rings. The van der Waals surface area contributed by atoms with E-state index < -0.39 is 40.6 Å². The van der Waals surface area contributed by atoms with Crippen molar-refractivity contribution in [2.45, 2.75) is 23.9 Å². The molecule has 0 atom stereocenters. The molecule has 11 heteroatoms. The smallest absolute Gasteiger partial charge is 0.194 e. The number of nitriles is 2. The fourth-order valence-corrected chi connectivity index (χ4v) is 1.49. The predicted molar refractivity (Wildman–Crippen MR) is 55.7 cm³/mol. The molecule has 0 aromatic heterocycles. The Bertz CT molecular complexity index is 692. The van der Waals surface area contributed by atoms with Gasteiger partial charge < -0.3 is 0 Å². The van der Waals surface area contributed by atoms with Crippen LogP contribution in [0.15, 0.2) is 18.2 Å². The van der Waals surface area contributed by atoms with Gasteiger partial charge in [0.2, 0.25) is 0 Å². The molecule has 0 heterocycles. The zero-order valence-electron chi connectivity index (χ0n) is 10.5. The Balaban J connectivity index is 3.53. The van der Waals surface area contributed by atoms with Crippen LogP contribution in [-0.4, -0.2) is 18.0 Å². The standard InChI is InChI=1S/C12H3F9N2/c13-9(14,10(15,16)11(17,18)12(19,20)21)8-2-1-6(4-22)7(3-8)5-23/h1-3H. The minimum absolute atomic E-state index is 0.0427. The number of hydrogen-bond donors (Lipinski definition) is 0. The van der Waals surface area contributed by atoms with E-state index in [2.05, 4.69) is 0 Å². The molecule has 0 saturated carbocycles. The lowest BCUT2D eigenvalue weighted by atomic mass is 9.94. The van der Waals surface area contributed by atoms with Gasteiger partial charge in [-0.15, -0.1) is 0 Å². The molecule has 0 aliphatic carbocycles. The van der Waals surface area contributed by atoms with Crippen LogP contribution in [0.1, 0.15) is 16.7 Å². The van der Waals surface area contributed by atoms with Crippen LogP contribution in [0.5, 0.6) is 0 Å². The van der Waals surface area contributed by atoms with Gasteiger partial charge in [-0.3, -0.25) is 0 Å². The molecule has 0 N–H and O–H groups in total. The van der Waals surface area contributed by atoms with Gasteiger partial charge >= 0.3 is 23.9 Å². The summed E-state index contributed by atoms with van der Waals surface area (Å²) in [7, 11) is 0. The van der Waals surface area contributed by atoms with Crippen LogP contribution in [0.25, 0.3) is 0 Å². The molecule has 0 radical (unpaired) electrons. The highest BCUT2D eigenvalue weighted by Gasteiger charge is 2.82. The number of nitrogens with zero attached hydrogens (tertiary/aromatic N) is 2. The lowest BCUT2D eigenvalue weighted by Crippen LogP contribution is -2.59. The van der Waals surface area contributed by atoms with E-state index >= 15 is 0 Å². The molecular weight excluding hydrogens is 343 g/mol. The third-order valence-electron chi connectivity index (χ3n) is 2.77. The number of alkyl halides is 9. The van der Waals surface area contributed by atoms with E-state index in [4.69, 9.17) is 10.5 Å². The van der Waals surface area contributed by atoms with Gasteiger partial charge in [0, 0.05) is 5.56 Å². The van der Waals surface area contributed by atoms with Crippen molar-refractivity contribution >= 4 is 0 Å². The summed E-state index contributed by atoms with van der Waals surface area (Å²) in [5.74, 6) is -19.8. The van der Waals surface area contributed by atoms with Crippen LogP contribution >= 0.6 is 0 Å². The Labute approximate surface area is 122 Å². The number of rotatable bonds is 3. The molecule has 1 aromatic rings. The molecule has 0 fully saturated rings. The first-order valence-electron chi connectivity index (χ1n) is 5.39. The van der Waals surface area contributed by atoms with Crippen LogP contribution in [0.4, 0.5) is 39.5 Å². The van der Waals surface area contributed by atoms with Crippen molar-refractivity contribution in [3.63, 3.8) is 0 Å². The second kappa shape index (κ2) is 5.33. The summed E-state index contributed by atoms with van der Waals surface area (Å²) in [6, 6.07) is 2.96. The van der Waals surface area contributed by atoms with E-state index in [0.29, 0.717) is 6.07 Å². The predicted octanol–water partition coefficient (Wildman–Crippen LogP) is 4.35. The van der Waals surface area contributed by atoms with Gasteiger partial charge in [0.25, 0.3) is 0 Å². The Hall–Kier alpha value is -2.43. The van der Waals surface area contributed by atoms with E-state index in [0.717, 1.165) is 0 Å². The minimum atomic E-state index is -7.02. The lowest BCUT2D eigenvalue weighted by molar-refractivity contribution is -0.399. The second-order valence-electron chi connectivity index (χ2n) is 4.20. The first-order valence-corrected chi connectivity index (χ1v) is 5.39. The Morgan fingerprint density at radius 2 is 1.17 bits per heavy atom. The first kappa shape index (κ1) is 18.6. The van der Waals surface area contributed by atoms with Crippen LogP contribution in [0.2, 0.25) is 0 Å². The van der Waals surface area contributed by atoms with Gasteiger partial charge in [-0.05, 0) is 12.1 Å². The third kappa shape index (κ3) is 2.67. The van der Waals surface area contributed by atoms with Crippen LogP contribution in [-0.2, 0) is 5.92 Å². The van der Waals surface area contributed by atoms with E-state index in [1.54, 1.807) is 0 Å². The average Bonchev–Trinajstić information content (AvgIpc) is 2.44. The molecule has 124 valence electrons. The fraction of sp³-hybridized carbons (Fsp3) is 0.333. The van der Waals surface area contributed by atoms with E-state index in [1.807, 2.05) is 0 Å². The molecule has 0 unspecified atom stereocenters. The van der Waals surface area contributed by atoms with Gasteiger partial charge in [-0.2, -0.15) is 50.0 Å². The van der Waals surface area contributed by atoms with Crippen molar-refractivity contribution in [2.24, 2.45) is 0 Å². The van der Waals surface area contributed by atoms with E-state index in [1.165, 1.54) is 12.1 Å². The first-order chi connectivity index (χ1) is 10.2. The lowest BCUT2D eigenvalue weighted by Gasteiger charge is -2.33. The number of hydrogen-bond acceptors (Lipinski definition) is 2. The van der Waals surface area contributed by atoms with E-state index in [9.17, 15) is 39.5 Å². The fourth-order valence-electron chi connectivity index (χ4n) is 1.49. The second-order valence-corrected chi connectivity index (χ2v) is 4.20. The topological polar surface area (TPSA) is 47.6 Å². The average molecular weight is 346 g/mol. The van der Waals surface area contributed by atoms with Gasteiger partial charge in [0.15, 0.2) is 0 Å². The Morgan fingerprint density at radius 3 is 1.57 bits per heavy atom. The summed E-state index contributed by atoms with van der Waals surface area (Å²) < 4.78 is 115. The van der Waals surface area contributed by atoms with Crippen molar-refractivity contribution in [3.05, 3.63) is 34.9 Å². The van der Waals surface area contributed by atoms with Gasteiger partial charge in [-0.1, -0.05) is 6.07 Å². The van der Waals surface area contributed by atoms with Crippen LogP contribution in [0, 0.1) is 22.7 Å². The van der Waals surface area contributed by atoms with E-state index in [-0.39, 0.29) is 12.1 Å². The molecule has 0 amide bonds. The molecule has 0 aliphatic heterocycles. The Morgan fingerprint density at radius 1 is 0.696 bits per heavy atom. The van der Waals surface area contributed by atoms with Crippen molar-refractivity contribution in [3.8, 4) is 12.1 Å². The van der Waals surface area contributed by atoms with Gasteiger partial charge in [0.05, 0.1) is 11.1 Å². The van der Waals surface area contributed by atoms with Gasteiger partial charge in [-0.25, -0.2) is 0 Å². The van der Waals surface area contributed by atoms with Crippen molar-refractivity contribution in [2.75, 3.05) is 0 Å². The zero-order valence-corrected chi connectivity index (χ0v) is 10.5. The highest BCUT2D eigenvalue weighted by Crippen LogP contribution is 2.56. The Kier molecular flexibility index (Phi) is 4.32. The van der Waals surface area contributed by atoms with Gasteiger partial charge in [0.1, 0.15) is 12.1 Å². The van der Waals surface area contributed by atoms with Crippen molar-refractivity contribution < 1.29 is 39.5 Å². The summed E-state index contributed by atoms with van der Waals surface area (Å²) in [5.41, 5.74) is -3.38. The molecule has 1 rings (SSSR count). The quantitative estimate of drug-likeness (QED) is 0.764. The monoisotopic (exact) mass is 346 g/mol. The summed E-state index contributed by atoms with van der Waals surface area (Å²) in [6.45, 7) is 0. The highest BCUT2D eigenvalue weighted by atomic mass is 19.4. The number of benzene rings is 1. The summed E-state index contributed by atoms with van der Waals surface area (Å²) in [5, 5.41) is 17.1. The molecule has 23 heavy (non-hydrogen) atoms. The SMILES string of the molecule is N#Cc1ccc(C(F)(F)C(F)(F)C(F)(F)C(F)(F)F)cc1C#N.